The maximum atomic E-state index is 12.4. The van der Waals surface area contributed by atoms with Crippen molar-refractivity contribution in [3.8, 4) is 0 Å². The molecule has 0 heterocycles. The van der Waals surface area contributed by atoms with Crippen LogP contribution < -0.4 is 5.32 Å². The lowest BCUT2D eigenvalue weighted by Crippen LogP contribution is -2.48. The molecular weight excluding hydrogens is 322 g/mol. The van der Waals surface area contributed by atoms with E-state index in [9.17, 15) is 9.59 Å². The molecule has 1 aliphatic rings. The van der Waals surface area contributed by atoms with Gasteiger partial charge in [-0.1, -0.05) is 41.9 Å². The average Bonchev–Trinajstić information content (AvgIpc) is 3.17. The Kier molecular flexibility index (Phi) is 4.18. The van der Waals surface area contributed by atoms with Gasteiger partial charge in [0.15, 0.2) is 0 Å². The molecule has 1 aliphatic carbocycles. The Bertz CT molecular complexity index is 520. The highest BCUT2D eigenvalue weighted by atomic mass is 79.9. The monoisotopic (exact) mass is 339 g/mol. The Labute approximate surface area is 126 Å². The van der Waals surface area contributed by atoms with E-state index < -0.39 is 17.4 Å². The van der Waals surface area contributed by atoms with Gasteiger partial charge < -0.3 is 10.4 Å². The zero-order valence-corrected chi connectivity index (χ0v) is 13.1. The number of carboxylic acid groups (broad SMARTS) is 1. The van der Waals surface area contributed by atoms with E-state index in [0.29, 0.717) is 0 Å². The van der Waals surface area contributed by atoms with Crippen LogP contribution in [0.2, 0.25) is 0 Å². The van der Waals surface area contributed by atoms with Gasteiger partial charge in [-0.2, -0.15) is 0 Å². The molecule has 1 aromatic carbocycles. The normalized spacial score (nSPS) is 17.6. The van der Waals surface area contributed by atoms with Crippen LogP contribution >= 0.6 is 15.9 Å². The van der Waals surface area contributed by atoms with Crippen LogP contribution in [-0.2, 0) is 15.0 Å². The standard InChI is InChI=1S/C15H18BrNO3/c1-9(2)12(13(18)19)17-14(20)15(7-8-15)10-3-5-11(16)6-4-10/h3-6,9,12H,7-8H2,1-2H3,(H,17,20)(H,18,19). The highest BCUT2D eigenvalue weighted by molar-refractivity contribution is 9.10. The lowest BCUT2D eigenvalue weighted by molar-refractivity contribution is -0.143. The minimum absolute atomic E-state index is 0.142. The van der Waals surface area contributed by atoms with E-state index in [0.717, 1.165) is 22.9 Å². The van der Waals surface area contributed by atoms with Gasteiger partial charge in [0.05, 0.1) is 5.41 Å². The first-order chi connectivity index (χ1) is 9.36. The van der Waals surface area contributed by atoms with E-state index in [1.165, 1.54) is 0 Å². The van der Waals surface area contributed by atoms with Gasteiger partial charge in [-0.15, -0.1) is 0 Å². The zero-order chi connectivity index (χ0) is 14.9. The highest BCUT2D eigenvalue weighted by Gasteiger charge is 2.52. The van der Waals surface area contributed by atoms with Gasteiger partial charge in [0.25, 0.3) is 0 Å². The van der Waals surface area contributed by atoms with Crippen LogP contribution in [0.4, 0.5) is 0 Å². The predicted molar refractivity (Wildman–Crippen MR) is 79.5 cm³/mol. The summed E-state index contributed by atoms with van der Waals surface area (Å²) in [5, 5.41) is 11.8. The van der Waals surface area contributed by atoms with E-state index in [4.69, 9.17) is 5.11 Å². The van der Waals surface area contributed by atoms with Gasteiger partial charge in [0, 0.05) is 4.47 Å². The number of amides is 1. The Morgan fingerprint density at radius 1 is 1.25 bits per heavy atom. The Morgan fingerprint density at radius 2 is 1.80 bits per heavy atom. The maximum Gasteiger partial charge on any atom is 0.326 e. The molecular formula is C15H18BrNO3. The van der Waals surface area contributed by atoms with Crippen LogP contribution in [-0.4, -0.2) is 23.0 Å². The lowest BCUT2D eigenvalue weighted by atomic mass is 9.93. The summed E-state index contributed by atoms with van der Waals surface area (Å²) in [6, 6.07) is 6.80. The molecule has 4 nitrogen and oxygen atoms in total. The third-order valence-corrected chi connectivity index (χ3v) is 4.33. The summed E-state index contributed by atoms with van der Waals surface area (Å²) < 4.78 is 0.961. The van der Waals surface area contributed by atoms with Crippen molar-refractivity contribution in [2.75, 3.05) is 0 Å². The minimum Gasteiger partial charge on any atom is -0.480 e. The van der Waals surface area contributed by atoms with Crippen LogP contribution in [0.3, 0.4) is 0 Å². The first kappa shape index (κ1) is 15.0. The van der Waals surface area contributed by atoms with E-state index in [1.807, 2.05) is 24.3 Å². The Morgan fingerprint density at radius 3 is 2.20 bits per heavy atom. The van der Waals surface area contributed by atoms with Gasteiger partial charge in [-0.05, 0) is 36.5 Å². The molecule has 1 aromatic rings. The smallest absolute Gasteiger partial charge is 0.326 e. The van der Waals surface area contributed by atoms with Crippen molar-refractivity contribution in [2.45, 2.75) is 38.1 Å². The molecule has 0 saturated heterocycles. The summed E-state index contributed by atoms with van der Waals surface area (Å²) in [5.41, 5.74) is 0.412. The second-order valence-corrected chi connectivity index (χ2v) is 6.54. The first-order valence-corrected chi connectivity index (χ1v) is 7.46. The SMILES string of the molecule is CC(C)C(NC(=O)C1(c2ccc(Br)cc2)CC1)C(=O)O. The number of carbonyl (C=O) groups is 2. The third-order valence-electron chi connectivity index (χ3n) is 3.80. The molecule has 0 aromatic heterocycles. The van der Waals surface area contributed by atoms with Crippen molar-refractivity contribution < 1.29 is 14.7 Å². The second kappa shape index (κ2) is 5.56. The number of rotatable bonds is 5. The molecule has 2 rings (SSSR count). The van der Waals surface area contributed by atoms with Gasteiger partial charge in [0.2, 0.25) is 5.91 Å². The van der Waals surface area contributed by atoms with Crippen molar-refractivity contribution >= 4 is 27.8 Å². The van der Waals surface area contributed by atoms with Crippen LogP contribution in [0, 0.1) is 5.92 Å². The van der Waals surface area contributed by atoms with E-state index in [1.54, 1.807) is 13.8 Å². The van der Waals surface area contributed by atoms with Crippen LogP contribution in [0.25, 0.3) is 0 Å². The van der Waals surface area contributed by atoms with E-state index in [-0.39, 0.29) is 11.8 Å². The van der Waals surface area contributed by atoms with Gasteiger partial charge >= 0.3 is 5.97 Å². The summed E-state index contributed by atoms with van der Waals surface area (Å²) in [6.07, 6.45) is 1.54. The fourth-order valence-corrected chi connectivity index (χ4v) is 2.60. The molecule has 1 fully saturated rings. The summed E-state index contributed by atoms with van der Waals surface area (Å²) in [7, 11) is 0. The molecule has 1 unspecified atom stereocenters. The summed E-state index contributed by atoms with van der Waals surface area (Å²) >= 11 is 3.37. The number of halogens is 1. The number of aliphatic carboxylic acids is 1. The molecule has 1 amide bonds. The Balaban J connectivity index is 2.16. The van der Waals surface area contributed by atoms with E-state index >= 15 is 0 Å². The molecule has 0 radical (unpaired) electrons. The molecule has 20 heavy (non-hydrogen) atoms. The topological polar surface area (TPSA) is 66.4 Å². The molecule has 1 atom stereocenters. The fraction of sp³-hybridized carbons (Fsp3) is 0.467. The summed E-state index contributed by atoms with van der Waals surface area (Å²) in [4.78, 5) is 23.6. The first-order valence-electron chi connectivity index (χ1n) is 6.66. The van der Waals surface area contributed by atoms with Crippen molar-refractivity contribution in [1.82, 2.24) is 5.32 Å². The Hall–Kier alpha value is -1.36. The largest absolute Gasteiger partial charge is 0.480 e. The van der Waals surface area contributed by atoms with Gasteiger partial charge in [-0.3, -0.25) is 4.79 Å². The van der Waals surface area contributed by atoms with Gasteiger partial charge in [0.1, 0.15) is 6.04 Å². The summed E-state index contributed by atoms with van der Waals surface area (Å²) in [6.45, 7) is 3.58. The highest BCUT2D eigenvalue weighted by Crippen LogP contribution is 2.48. The van der Waals surface area contributed by atoms with Crippen molar-refractivity contribution in [3.05, 3.63) is 34.3 Å². The number of hydrogen-bond acceptors (Lipinski definition) is 2. The van der Waals surface area contributed by atoms with Crippen LogP contribution in [0.1, 0.15) is 32.3 Å². The number of carbonyl (C=O) groups excluding carboxylic acids is 1. The molecule has 2 N–H and O–H groups in total. The van der Waals surface area contributed by atoms with Gasteiger partial charge in [-0.25, -0.2) is 4.79 Å². The van der Waals surface area contributed by atoms with Crippen LogP contribution in [0.5, 0.6) is 0 Å². The molecule has 108 valence electrons. The molecule has 0 spiro atoms. The fourth-order valence-electron chi connectivity index (χ4n) is 2.33. The molecule has 0 aliphatic heterocycles. The van der Waals surface area contributed by atoms with E-state index in [2.05, 4.69) is 21.2 Å². The maximum absolute atomic E-state index is 12.4. The summed E-state index contributed by atoms with van der Waals surface area (Å²) in [5.74, 6) is -1.31. The third kappa shape index (κ3) is 2.87. The minimum atomic E-state index is -0.986. The average molecular weight is 340 g/mol. The lowest BCUT2D eigenvalue weighted by Gasteiger charge is -2.22. The van der Waals surface area contributed by atoms with Crippen molar-refractivity contribution in [2.24, 2.45) is 5.92 Å². The molecule has 1 saturated carbocycles. The molecule has 5 heteroatoms. The number of benzene rings is 1. The van der Waals surface area contributed by atoms with Crippen LogP contribution in [0.15, 0.2) is 28.7 Å². The van der Waals surface area contributed by atoms with Crippen molar-refractivity contribution in [1.29, 1.82) is 0 Å². The van der Waals surface area contributed by atoms with Crippen molar-refractivity contribution in [3.63, 3.8) is 0 Å². The quantitative estimate of drug-likeness (QED) is 0.866. The number of nitrogens with one attached hydrogen (secondary N) is 1. The number of carboxylic acids is 1. The predicted octanol–water partition coefficient (Wildman–Crippen LogP) is 2.71. The molecule has 0 bridgehead atoms. The number of hydrogen-bond donors (Lipinski definition) is 2. The zero-order valence-electron chi connectivity index (χ0n) is 11.5. The second-order valence-electron chi connectivity index (χ2n) is 5.62.